The average Bonchev–Trinajstić information content (AvgIpc) is 3.57. The molecule has 0 radical (unpaired) electrons. The largest absolute Gasteiger partial charge is 0.491 e. The molecule has 0 amide bonds. The lowest BCUT2D eigenvalue weighted by Crippen LogP contribution is -2.34. The lowest BCUT2D eigenvalue weighted by Gasteiger charge is -2.29. The molecule has 9 nitrogen and oxygen atoms in total. The summed E-state index contributed by atoms with van der Waals surface area (Å²) in [7, 11) is 0. The third-order valence-corrected chi connectivity index (χ3v) is 6.83. The summed E-state index contributed by atoms with van der Waals surface area (Å²) in [6.07, 6.45) is 4.94. The molecule has 12 heteroatoms. The molecule has 0 aliphatic carbocycles. The summed E-state index contributed by atoms with van der Waals surface area (Å²) in [5, 5.41) is 14.6. The minimum absolute atomic E-state index is 0.293. The van der Waals surface area contributed by atoms with Crippen molar-refractivity contribution in [1.29, 1.82) is 0 Å². The van der Waals surface area contributed by atoms with Gasteiger partial charge in [0.05, 0.1) is 34.5 Å². The lowest BCUT2D eigenvalue weighted by molar-refractivity contribution is -0.742. The molecule has 38 heavy (non-hydrogen) atoms. The van der Waals surface area contributed by atoms with Gasteiger partial charge < -0.3 is 24.0 Å². The van der Waals surface area contributed by atoms with Crippen LogP contribution in [-0.4, -0.2) is 39.2 Å². The number of rotatable bonds is 7. The van der Waals surface area contributed by atoms with Crippen molar-refractivity contribution in [3.8, 4) is 16.9 Å². The van der Waals surface area contributed by atoms with Crippen molar-refractivity contribution in [2.75, 3.05) is 13.2 Å². The van der Waals surface area contributed by atoms with E-state index in [0.29, 0.717) is 40.4 Å². The van der Waals surface area contributed by atoms with E-state index < -0.39 is 10.9 Å². The third kappa shape index (κ3) is 6.94. The second-order valence-corrected chi connectivity index (χ2v) is 9.42. The second-order valence-electron chi connectivity index (χ2n) is 8.23. The smallest absolute Gasteiger partial charge is 0.291 e. The van der Waals surface area contributed by atoms with Crippen molar-refractivity contribution in [2.24, 2.45) is 0 Å². The maximum atomic E-state index is 8.36. The number of nitrogens with zero attached hydrogens (tertiary/aromatic N) is 3. The van der Waals surface area contributed by atoms with Crippen LogP contribution < -0.4 is 4.74 Å². The Morgan fingerprint density at radius 1 is 1.08 bits per heavy atom. The van der Waals surface area contributed by atoms with Crippen LogP contribution in [0.3, 0.4) is 0 Å². The van der Waals surface area contributed by atoms with Crippen molar-refractivity contribution < 1.29 is 24.5 Å². The number of hydrogen-bond donors (Lipinski definition) is 1. The van der Waals surface area contributed by atoms with Gasteiger partial charge >= 0.3 is 0 Å². The Morgan fingerprint density at radius 3 is 2.32 bits per heavy atom. The van der Waals surface area contributed by atoms with E-state index in [1.54, 1.807) is 24.7 Å². The topological polar surface area (TPSA) is 109 Å². The molecule has 198 valence electrons. The molecule has 2 heterocycles. The van der Waals surface area contributed by atoms with Crippen LogP contribution in [0.25, 0.3) is 11.1 Å². The van der Waals surface area contributed by atoms with Crippen molar-refractivity contribution in [3.05, 3.63) is 116 Å². The normalized spacial score (nSPS) is 18.4. The van der Waals surface area contributed by atoms with Gasteiger partial charge in [-0.15, -0.1) is 10.1 Å². The van der Waals surface area contributed by atoms with Crippen LogP contribution in [0.1, 0.15) is 5.56 Å². The lowest BCUT2D eigenvalue weighted by atomic mass is 10.1. The maximum absolute atomic E-state index is 8.36. The molecule has 0 spiro atoms. The van der Waals surface area contributed by atoms with E-state index in [2.05, 4.69) is 17.1 Å². The van der Waals surface area contributed by atoms with Crippen molar-refractivity contribution in [2.45, 2.75) is 18.4 Å². The highest BCUT2D eigenvalue weighted by molar-refractivity contribution is 6.48. The van der Waals surface area contributed by atoms with Crippen LogP contribution in [0.4, 0.5) is 0 Å². The van der Waals surface area contributed by atoms with Gasteiger partial charge in [0.2, 0.25) is 5.79 Å². The van der Waals surface area contributed by atoms with E-state index in [1.807, 2.05) is 53.2 Å². The summed E-state index contributed by atoms with van der Waals surface area (Å²) in [6, 6.07) is 21.6. The van der Waals surface area contributed by atoms with Crippen LogP contribution >= 0.6 is 34.8 Å². The van der Waals surface area contributed by atoms with E-state index in [-0.39, 0.29) is 6.10 Å². The van der Waals surface area contributed by atoms with E-state index in [0.717, 1.165) is 16.9 Å². The van der Waals surface area contributed by atoms with Crippen LogP contribution in [-0.2, 0) is 21.8 Å². The highest BCUT2D eigenvalue weighted by Gasteiger charge is 2.44. The molecule has 1 aliphatic heterocycles. The predicted octanol–water partition coefficient (Wildman–Crippen LogP) is 6.51. The summed E-state index contributed by atoms with van der Waals surface area (Å²) in [6.45, 7) is 1.03. The van der Waals surface area contributed by atoms with Gasteiger partial charge in [0, 0.05) is 18.0 Å². The fourth-order valence-electron chi connectivity index (χ4n) is 3.93. The van der Waals surface area contributed by atoms with Crippen LogP contribution in [0.5, 0.6) is 5.75 Å². The highest BCUT2D eigenvalue weighted by atomic mass is 35.5. The molecule has 1 aliphatic rings. The molecular formula is C26H22Cl3N3O6. The molecule has 0 saturated carbocycles. The van der Waals surface area contributed by atoms with Crippen LogP contribution in [0.15, 0.2) is 85.5 Å². The summed E-state index contributed by atoms with van der Waals surface area (Å²) in [5.74, 6) is -0.350. The molecule has 3 aromatic carbocycles. The molecule has 1 N–H and O–H groups in total. The SMILES string of the molecule is Clc1cc([C@]2(Cn3ccnc3)OC[C@@H](COc3ccc(-c4ccccc4)cc3)O2)cc(Cl)c1Cl.O=[N+]([O-])O. The Hall–Kier alpha value is -3.34. The van der Waals surface area contributed by atoms with Crippen molar-refractivity contribution in [3.63, 3.8) is 0 Å². The van der Waals surface area contributed by atoms with Gasteiger partial charge in [0.25, 0.3) is 5.09 Å². The van der Waals surface area contributed by atoms with Gasteiger partial charge in [0.1, 0.15) is 18.5 Å². The quantitative estimate of drug-likeness (QED) is 0.151. The Balaban J connectivity index is 0.000000786. The fraction of sp³-hybridized carbons (Fsp3) is 0.192. The predicted molar refractivity (Wildman–Crippen MR) is 142 cm³/mol. The number of imidazole rings is 1. The second kappa shape index (κ2) is 12.5. The van der Waals surface area contributed by atoms with Crippen LogP contribution in [0.2, 0.25) is 15.1 Å². The monoisotopic (exact) mass is 577 g/mol. The van der Waals surface area contributed by atoms with E-state index in [9.17, 15) is 0 Å². The molecule has 0 bridgehead atoms. The van der Waals surface area contributed by atoms with Crippen molar-refractivity contribution in [1.82, 2.24) is 9.55 Å². The number of aromatic nitrogens is 2. The molecule has 1 fully saturated rings. The summed E-state index contributed by atoms with van der Waals surface area (Å²) >= 11 is 18.8. The molecule has 4 aromatic rings. The molecule has 1 aromatic heterocycles. The minimum atomic E-state index is -1.50. The Kier molecular flexibility index (Phi) is 9.09. The molecule has 5 rings (SSSR count). The van der Waals surface area contributed by atoms with Gasteiger partial charge in [-0.3, -0.25) is 0 Å². The highest BCUT2D eigenvalue weighted by Crippen LogP contribution is 2.41. The minimum Gasteiger partial charge on any atom is -0.491 e. The van der Waals surface area contributed by atoms with E-state index >= 15 is 0 Å². The molecule has 1 saturated heterocycles. The zero-order valence-electron chi connectivity index (χ0n) is 19.7. The zero-order chi connectivity index (χ0) is 27.1. The summed E-state index contributed by atoms with van der Waals surface area (Å²) < 4.78 is 20.5. The number of benzene rings is 3. The first-order chi connectivity index (χ1) is 18.3. The maximum Gasteiger partial charge on any atom is 0.291 e. The average molecular weight is 579 g/mol. The first-order valence-electron chi connectivity index (χ1n) is 11.3. The Morgan fingerprint density at radius 2 is 1.71 bits per heavy atom. The Bertz CT molecular complexity index is 1330. The van der Waals surface area contributed by atoms with Gasteiger partial charge in [0.15, 0.2) is 0 Å². The fourth-order valence-corrected chi connectivity index (χ4v) is 4.53. The Labute approximate surface area is 233 Å². The van der Waals surface area contributed by atoms with E-state index in [1.165, 1.54) is 0 Å². The molecule has 0 unspecified atom stereocenters. The van der Waals surface area contributed by atoms with Gasteiger partial charge in [-0.1, -0.05) is 77.3 Å². The number of ether oxygens (including phenoxy) is 3. The first kappa shape index (κ1) is 27.7. The van der Waals surface area contributed by atoms with E-state index in [4.69, 9.17) is 64.3 Å². The molecular weight excluding hydrogens is 557 g/mol. The van der Waals surface area contributed by atoms with Crippen LogP contribution in [0, 0.1) is 10.1 Å². The zero-order valence-corrected chi connectivity index (χ0v) is 22.0. The van der Waals surface area contributed by atoms with Gasteiger partial charge in [-0.05, 0) is 35.4 Å². The first-order valence-corrected chi connectivity index (χ1v) is 12.4. The molecule has 2 atom stereocenters. The standard InChI is InChI=1S/C26H21Cl3N2O3.HNO3/c27-23-12-20(13-24(28)25(23)29)26(16-31-11-10-30-17-31)33-15-22(34-26)14-32-21-8-6-19(7-9-21)18-4-2-1-3-5-18;2-1(3)4/h1-13,17,22H,14-16H2;(H,2,3,4)/t22-,26-;/m1./s1. The third-order valence-electron chi connectivity index (χ3n) is 5.63. The van der Waals surface area contributed by atoms with Crippen molar-refractivity contribution >= 4 is 34.8 Å². The van der Waals surface area contributed by atoms with Gasteiger partial charge in [-0.2, -0.15) is 0 Å². The number of halogens is 3. The summed E-state index contributed by atoms with van der Waals surface area (Å²) in [4.78, 5) is 12.5. The number of hydrogen-bond acceptors (Lipinski definition) is 6. The summed E-state index contributed by atoms with van der Waals surface area (Å²) in [5.41, 5.74) is 2.96. The van der Waals surface area contributed by atoms with Gasteiger partial charge in [-0.25, -0.2) is 4.98 Å².